The van der Waals surface area contributed by atoms with Crippen molar-refractivity contribution in [2.24, 2.45) is 0 Å². The lowest BCUT2D eigenvalue weighted by Crippen LogP contribution is -2.02. The predicted octanol–water partition coefficient (Wildman–Crippen LogP) is 12.7. The van der Waals surface area contributed by atoms with Crippen LogP contribution in [0.15, 0.2) is 156 Å². The highest BCUT2D eigenvalue weighted by molar-refractivity contribution is 9.10. The number of benzene rings is 7. The highest BCUT2D eigenvalue weighted by Crippen LogP contribution is 2.44. The van der Waals surface area contributed by atoms with Gasteiger partial charge in [-0.1, -0.05) is 131 Å². The molecule has 1 aliphatic carbocycles. The van der Waals surface area contributed by atoms with E-state index in [2.05, 4.69) is 178 Å². The van der Waals surface area contributed by atoms with Crippen LogP contribution in [-0.2, 0) is 6.42 Å². The summed E-state index contributed by atoms with van der Waals surface area (Å²) < 4.78 is 3.61. The molecule has 0 aliphatic heterocycles. The van der Waals surface area contributed by atoms with Crippen molar-refractivity contribution in [3.8, 4) is 39.1 Å². The molecule has 0 saturated heterocycles. The Bertz CT molecular complexity index is 2450. The molecule has 0 N–H and O–H groups in total. The molecule has 1 aliphatic rings. The van der Waals surface area contributed by atoms with Gasteiger partial charge >= 0.3 is 0 Å². The van der Waals surface area contributed by atoms with Crippen molar-refractivity contribution in [1.29, 1.82) is 0 Å². The van der Waals surface area contributed by atoms with Crippen LogP contribution in [0.4, 0.5) is 0 Å². The SMILES string of the molecule is Brc1ccc(-c2cccc(-c3ccc4c(c3)c3c5ccccc5c5c(c3n4-c3ccc(-c4ccccc4)cc3)CCC=C5)c2)cc1. The first-order valence-electron chi connectivity index (χ1n) is 15.9. The third-order valence-corrected chi connectivity index (χ3v) is 10.0. The monoisotopic (exact) mass is 651 g/mol. The maximum Gasteiger partial charge on any atom is 0.0585 e. The van der Waals surface area contributed by atoms with Crippen molar-refractivity contribution in [2.45, 2.75) is 12.8 Å². The molecular formula is C44H30BrN. The summed E-state index contributed by atoms with van der Waals surface area (Å²) in [5.74, 6) is 0. The Morgan fingerprint density at radius 3 is 1.91 bits per heavy atom. The molecule has 0 fully saturated rings. The average Bonchev–Trinajstić information content (AvgIpc) is 3.47. The molecule has 46 heavy (non-hydrogen) atoms. The summed E-state index contributed by atoms with van der Waals surface area (Å²) in [6.45, 7) is 0. The fourth-order valence-electron chi connectivity index (χ4n) is 7.35. The van der Waals surface area contributed by atoms with E-state index < -0.39 is 0 Å². The van der Waals surface area contributed by atoms with Gasteiger partial charge in [0.2, 0.25) is 0 Å². The van der Waals surface area contributed by atoms with Gasteiger partial charge in [0.25, 0.3) is 0 Å². The molecule has 0 saturated carbocycles. The number of nitrogens with zero attached hydrogens (tertiary/aromatic N) is 1. The second-order valence-corrected chi connectivity index (χ2v) is 13.1. The standard InChI is InChI=1S/C44H30BrN/c45-35-22-17-31(18-23-35)32-11-8-12-33(27-32)34-21-26-42-41(28-34)43-39-15-6-4-13-37(39)38-14-5-7-16-40(38)44(43)46(42)36-24-19-30(20-25-36)29-9-2-1-3-10-29/h1-6,8-15,17-28H,7,16H2. The molecular weight excluding hydrogens is 622 g/mol. The lowest BCUT2D eigenvalue weighted by atomic mass is 9.88. The maximum atomic E-state index is 3.58. The van der Waals surface area contributed by atoms with E-state index in [0.717, 1.165) is 17.3 Å². The smallest absolute Gasteiger partial charge is 0.0585 e. The number of aryl methyl sites for hydroxylation is 1. The number of aromatic nitrogens is 1. The van der Waals surface area contributed by atoms with Gasteiger partial charge in [0.05, 0.1) is 11.0 Å². The van der Waals surface area contributed by atoms with Crippen molar-refractivity contribution in [1.82, 2.24) is 4.57 Å². The van der Waals surface area contributed by atoms with Gasteiger partial charge in [-0.15, -0.1) is 0 Å². The zero-order valence-electron chi connectivity index (χ0n) is 25.3. The number of halogens is 1. The largest absolute Gasteiger partial charge is 0.309 e. The Morgan fingerprint density at radius 2 is 1.11 bits per heavy atom. The zero-order valence-corrected chi connectivity index (χ0v) is 26.8. The van der Waals surface area contributed by atoms with Crippen LogP contribution in [0, 0.1) is 0 Å². The highest BCUT2D eigenvalue weighted by atomic mass is 79.9. The van der Waals surface area contributed by atoms with Gasteiger partial charge in [0.1, 0.15) is 0 Å². The summed E-state index contributed by atoms with van der Waals surface area (Å²) in [5, 5.41) is 5.29. The van der Waals surface area contributed by atoms with Crippen LogP contribution in [0.5, 0.6) is 0 Å². The Hall–Kier alpha value is -5.18. The predicted molar refractivity (Wildman–Crippen MR) is 200 cm³/mol. The van der Waals surface area contributed by atoms with Gasteiger partial charge in [-0.2, -0.15) is 0 Å². The summed E-state index contributed by atoms with van der Waals surface area (Å²) in [6, 6.07) is 53.2. The maximum absolute atomic E-state index is 3.58. The summed E-state index contributed by atoms with van der Waals surface area (Å²) >= 11 is 3.58. The molecule has 2 heteroatoms. The molecule has 9 rings (SSSR count). The van der Waals surface area contributed by atoms with Crippen LogP contribution in [0.3, 0.4) is 0 Å². The van der Waals surface area contributed by atoms with Gasteiger partial charge in [0, 0.05) is 20.9 Å². The van der Waals surface area contributed by atoms with E-state index >= 15 is 0 Å². The molecule has 0 unspecified atom stereocenters. The Labute approximate surface area is 277 Å². The molecule has 0 spiro atoms. The van der Waals surface area contributed by atoms with Gasteiger partial charge in [-0.25, -0.2) is 0 Å². The van der Waals surface area contributed by atoms with Crippen LogP contribution in [0.25, 0.3) is 77.7 Å². The van der Waals surface area contributed by atoms with Crippen molar-refractivity contribution in [2.75, 3.05) is 0 Å². The molecule has 8 aromatic rings. The van der Waals surface area contributed by atoms with E-state index in [4.69, 9.17) is 0 Å². The normalized spacial score (nSPS) is 12.6. The third-order valence-electron chi connectivity index (χ3n) is 9.52. The van der Waals surface area contributed by atoms with Crippen LogP contribution < -0.4 is 0 Å². The summed E-state index contributed by atoms with van der Waals surface area (Å²) in [6.07, 6.45) is 6.77. The molecule has 7 aromatic carbocycles. The minimum atomic E-state index is 1.04. The lowest BCUT2D eigenvalue weighted by Gasteiger charge is -2.18. The minimum Gasteiger partial charge on any atom is -0.309 e. The van der Waals surface area contributed by atoms with Crippen LogP contribution in [0.1, 0.15) is 17.5 Å². The van der Waals surface area contributed by atoms with Crippen molar-refractivity contribution < 1.29 is 0 Å². The Morgan fingerprint density at radius 1 is 0.500 bits per heavy atom. The van der Waals surface area contributed by atoms with Crippen LogP contribution in [-0.4, -0.2) is 4.57 Å². The van der Waals surface area contributed by atoms with Crippen LogP contribution in [0.2, 0.25) is 0 Å². The molecule has 218 valence electrons. The molecule has 0 radical (unpaired) electrons. The first kappa shape index (κ1) is 27.2. The second kappa shape index (κ2) is 11.0. The van der Waals surface area contributed by atoms with Gasteiger partial charge in [0.15, 0.2) is 0 Å². The zero-order chi connectivity index (χ0) is 30.6. The van der Waals surface area contributed by atoms with Crippen molar-refractivity contribution in [3.05, 3.63) is 167 Å². The number of hydrogen-bond acceptors (Lipinski definition) is 0. The summed E-state index contributed by atoms with van der Waals surface area (Å²) in [4.78, 5) is 0. The number of hydrogen-bond donors (Lipinski definition) is 0. The number of allylic oxidation sites excluding steroid dienone is 1. The summed E-state index contributed by atoms with van der Waals surface area (Å²) in [5.41, 5.74) is 13.9. The van der Waals surface area contributed by atoms with Crippen molar-refractivity contribution in [3.63, 3.8) is 0 Å². The molecule has 1 nitrogen and oxygen atoms in total. The van der Waals surface area contributed by atoms with E-state index in [0.29, 0.717) is 0 Å². The van der Waals surface area contributed by atoms with E-state index in [1.165, 1.54) is 82.8 Å². The minimum absolute atomic E-state index is 1.04. The molecule has 1 aromatic heterocycles. The lowest BCUT2D eigenvalue weighted by molar-refractivity contribution is 0.988. The molecule has 0 bridgehead atoms. The Kier molecular flexibility index (Phi) is 6.50. The van der Waals surface area contributed by atoms with E-state index in [1.807, 2.05) is 0 Å². The van der Waals surface area contributed by atoms with Gasteiger partial charge in [-0.3, -0.25) is 0 Å². The highest BCUT2D eigenvalue weighted by Gasteiger charge is 2.23. The van der Waals surface area contributed by atoms with Crippen LogP contribution >= 0.6 is 15.9 Å². The fraction of sp³-hybridized carbons (Fsp3) is 0.0455. The molecule has 0 atom stereocenters. The van der Waals surface area contributed by atoms with E-state index in [9.17, 15) is 0 Å². The number of fused-ring (bicyclic) bond motifs is 8. The van der Waals surface area contributed by atoms with E-state index in [-0.39, 0.29) is 0 Å². The van der Waals surface area contributed by atoms with Gasteiger partial charge in [-0.05, 0) is 111 Å². The average molecular weight is 653 g/mol. The topological polar surface area (TPSA) is 4.93 Å². The van der Waals surface area contributed by atoms with E-state index in [1.54, 1.807) is 0 Å². The third kappa shape index (κ3) is 4.44. The summed E-state index contributed by atoms with van der Waals surface area (Å²) in [7, 11) is 0. The first-order valence-corrected chi connectivity index (χ1v) is 16.7. The first-order chi connectivity index (χ1) is 22.7. The number of rotatable bonds is 4. The van der Waals surface area contributed by atoms with Gasteiger partial charge < -0.3 is 4.57 Å². The second-order valence-electron chi connectivity index (χ2n) is 12.2. The molecule has 1 heterocycles. The molecule has 0 amide bonds. The quantitative estimate of drug-likeness (QED) is 0.178. The fourth-order valence-corrected chi connectivity index (χ4v) is 7.61. The van der Waals surface area contributed by atoms with Crippen molar-refractivity contribution >= 4 is 54.6 Å². The Balaban J connectivity index is 1.31.